The molecular formula is C13H17NO5S. The zero-order valence-electron chi connectivity index (χ0n) is 10.9. The van der Waals surface area contributed by atoms with Crippen LogP contribution in [0.1, 0.15) is 18.4 Å². The topological polar surface area (TPSA) is 92.7 Å². The van der Waals surface area contributed by atoms with Gasteiger partial charge >= 0.3 is 5.97 Å². The average molecular weight is 299 g/mol. The number of hydrogen-bond acceptors (Lipinski definition) is 4. The number of carboxylic acids is 1. The van der Waals surface area contributed by atoms with Gasteiger partial charge in [-0.1, -0.05) is 30.3 Å². The van der Waals surface area contributed by atoms with Gasteiger partial charge in [-0.25, -0.2) is 17.9 Å². The number of ether oxygens (including phenoxy) is 1. The molecule has 2 atom stereocenters. The second-order valence-corrected chi connectivity index (χ2v) is 6.56. The largest absolute Gasteiger partial charge is 0.479 e. The molecule has 0 aromatic heterocycles. The Hall–Kier alpha value is -1.44. The Morgan fingerprint density at radius 3 is 2.60 bits per heavy atom. The molecule has 0 spiro atoms. The summed E-state index contributed by atoms with van der Waals surface area (Å²) in [5.41, 5.74) is 0.704. The summed E-state index contributed by atoms with van der Waals surface area (Å²) in [4.78, 5) is 10.7. The first kappa shape index (κ1) is 15.0. The number of carboxylic acid groups (broad SMARTS) is 1. The van der Waals surface area contributed by atoms with E-state index in [0.29, 0.717) is 18.4 Å². The van der Waals surface area contributed by atoms with Crippen LogP contribution in [0, 0.1) is 0 Å². The van der Waals surface area contributed by atoms with Gasteiger partial charge in [-0.2, -0.15) is 0 Å². The van der Waals surface area contributed by atoms with Crippen LogP contribution in [0.3, 0.4) is 0 Å². The van der Waals surface area contributed by atoms with E-state index < -0.39 is 22.1 Å². The molecule has 1 aromatic rings. The summed E-state index contributed by atoms with van der Waals surface area (Å²) in [5.74, 6) is -1.09. The molecule has 2 N–H and O–H groups in total. The van der Waals surface area contributed by atoms with Crippen molar-refractivity contribution in [1.29, 1.82) is 0 Å². The van der Waals surface area contributed by atoms with Crippen molar-refractivity contribution in [3.8, 4) is 0 Å². The number of rotatable bonds is 6. The fourth-order valence-corrected chi connectivity index (χ4v) is 3.28. The normalized spacial score (nSPS) is 22.8. The van der Waals surface area contributed by atoms with E-state index in [-0.39, 0.29) is 18.4 Å². The minimum atomic E-state index is -3.44. The highest BCUT2D eigenvalue weighted by atomic mass is 32.2. The van der Waals surface area contributed by atoms with Gasteiger partial charge in [0.1, 0.15) is 0 Å². The van der Waals surface area contributed by atoms with Gasteiger partial charge in [-0.15, -0.1) is 0 Å². The van der Waals surface area contributed by atoms with E-state index in [1.54, 1.807) is 24.3 Å². The zero-order valence-corrected chi connectivity index (χ0v) is 11.7. The molecule has 6 nitrogen and oxygen atoms in total. The predicted molar refractivity (Wildman–Crippen MR) is 72.6 cm³/mol. The highest BCUT2D eigenvalue weighted by Crippen LogP contribution is 2.19. The highest BCUT2D eigenvalue weighted by molar-refractivity contribution is 7.88. The molecule has 0 aliphatic carbocycles. The molecule has 7 heteroatoms. The SMILES string of the molecule is O=C(O)C1CCC(CNS(=O)(=O)Cc2ccccc2)O1. The van der Waals surface area contributed by atoms with Crippen molar-refractivity contribution < 1.29 is 23.1 Å². The van der Waals surface area contributed by atoms with Crippen LogP contribution in [0.5, 0.6) is 0 Å². The van der Waals surface area contributed by atoms with E-state index in [9.17, 15) is 13.2 Å². The minimum absolute atomic E-state index is 0.0943. The third-order valence-corrected chi connectivity index (χ3v) is 4.43. The molecule has 2 unspecified atom stereocenters. The van der Waals surface area contributed by atoms with E-state index >= 15 is 0 Å². The van der Waals surface area contributed by atoms with Crippen LogP contribution in [-0.4, -0.2) is 38.2 Å². The molecule has 0 amide bonds. The third kappa shape index (κ3) is 4.29. The zero-order chi connectivity index (χ0) is 14.6. The molecule has 0 saturated carbocycles. The second-order valence-electron chi connectivity index (χ2n) is 4.76. The van der Waals surface area contributed by atoms with E-state index in [0.717, 1.165) is 0 Å². The van der Waals surface area contributed by atoms with Crippen molar-refractivity contribution in [2.24, 2.45) is 0 Å². The van der Waals surface area contributed by atoms with Crippen molar-refractivity contribution in [1.82, 2.24) is 4.72 Å². The monoisotopic (exact) mass is 299 g/mol. The Bertz CT molecular complexity index is 557. The molecule has 1 aromatic carbocycles. The van der Waals surface area contributed by atoms with E-state index in [1.165, 1.54) is 0 Å². The van der Waals surface area contributed by atoms with Crippen molar-refractivity contribution in [2.75, 3.05) is 6.54 Å². The lowest BCUT2D eigenvalue weighted by Crippen LogP contribution is -2.33. The first-order chi connectivity index (χ1) is 9.46. The quantitative estimate of drug-likeness (QED) is 0.808. The molecule has 110 valence electrons. The van der Waals surface area contributed by atoms with Crippen molar-refractivity contribution in [2.45, 2.75) is 30.8 Å². The van der Waals surface area contributed by atoms with E-state index in [1.807, 2.05) is 6.07 Å². The smallest absolute Gasteiger partial charge is 0.332 e. The fraction of sp³-hybridized carbons (Fsp3) is 0.462. The predicted octanol–water partition coefficient (Wildman–Crippen LogP) is 0.738. The lowest BCUT2D eigenvalue weighted by molar-refractivity contribution is -0.149. The van der Waals surface area contributed by atoms with E-state index in [4.69, 9.17) is 9.84 Å². The van der Waals surface area contributed by atoms with Crippen LogP contribution < -0.4 is 4.72 Å². The fourth-order valence-electron chi connectivity index (χ4n) is 2.10. The van der Waals surface area contributed by atoms with Crippen LogP contribution in [-0.2, 0) is 25.3 Å². The molecule has 1 aliphatic rings. The van der Waals surface area contributed by atoms with Crippen LogP contribution in [0.2, 0.25) is 0 Å². The van der Waals surface area contributed by atoms with Crippen LogP contribution in [0.4, 0.5) is 0 Å². The molecule has 1 heterocycles. The summed E-state index contributed by atoms with van der Waals surface area (Å²) in [5, 5.41) is 8.79. The summed E-state index contributed by atoms with van der Waals surface area (Å²) >= 11 is 0. The molecule has 0 bridgehead atoms. The Morgan fingerprint density at radius 2 is 2.00 bits per heavy atom. The number of aliphatic carboxylic acids is 1. The maximum atomic E-state index is 11.9. The van der Waals surface area contributed by atoms with Crippen molar-refractivity contribution in [3.05, 3.63) is 35.9 Å². The lowest BCUT2D eigenvalue weighted by Gasteiger charge is -2.12. The van der Waals surface area contributed by atoms with Gasteiger partial charge in [0.25, 0.3) is 0 Å². The van der Waals surface area contributed by atoms with Crippen LogP contribution >= 0.6 is 0 Å². The number of benzene rings is 1. The highest BCUT2D eigenvalue weighted by Gasteiger charge is 2.30. The Balaban J connectivity index is 1.83. The summed E-state index contributed by atoms with van der Waals surface area (Å²) in [7, 11) is -3.44. The van der Waals surface area contributed by atoms with Gasteiger partial charge in [0.05, 0.1) is 11.9 Å². The Morgan fingerprint density at radius 1 is 1.30 bits per heavy atom. The first-order valence-electron chi connectivity index (χ1n) is 6.36. The maximum Gasteiger partial charge on any atom is 0.332 e. The van der Waals surface area contributed by atoms with Gasteiger partial charge in [0.15, 0.2) is 6.10 Å². The summed E-state index contributed by atoms with van der Waals surface area (Å²) in [6.45, 7) is 0.110. The van der Waals surface area contributed by atoms with Crippen molar-refractivity contribution in [3.63, 3.8) is 0 Å². The number of nitrogens with one attached hydrogen (secondary N) is 1. The molecule has 20 heavy (non-hydrogen) atoms. The summed E-state index contributed by atoms with van der Waals surface area (Å²) < 4.78 is 31.5. The first-order valence-corrected chi connectivity index (χ1v) is 8.01. The summed E-state index contributed by atoms with van der Waals surface area (Å²) in [6, 6.07) is 8.87. The van der Waals surface area contributed by atoms with Gasteiger partial charge in [0.2, 0.25) is 10.0 Å². The molecule has 0 radical (unpaired) electrons. The second kappa shape index (κ2) is 6.34. The molecule has 1 fully saturated rings. The Labute approximate surface area is 117 Å². The lowest BCUT2D eigenvalue weighted by atomic mass is 10.2. The minimum Gasteiger partial charge on any atom is -0.479 e. The van der Waals surface area contributed by atoms with Crippen LogP contribution in [0.25, 0.3) is 0 Å². The molecular weight excluding hydrogens is 282 g/mol. The molecule has 1 aliphatic heterocycles. The van der Waals surface area contributed by atoms with Gasteiger partial charge in [0, 0.05) is 6.54 Å². The van der Waals surface area contributed by atoms with Gasteiger partial charge in [-0.3, -0.25) is 0 Å². The Kier molecular flexibility index (Phi) is 4.74. The van der Waals surface area contributed by atoms with Crippen molar-refractivity contribution >= 4 is 16.0 Å². The summed E-state index contributed by atoms with van der Waals surface area (Å²) in [6.07, 6.45) is -0.231. The average Bonchev–Trinajstić information content (AvgIpc) is 2.86. The molecule has 2 rings (SSSR count). The van der Waals surface area contributed by atoms with Gasteiger partial charge < -0.3 is 9.84 Å². The third-order valence-electron chi connectivity index (χ3n) is 3.11. The standard InChI is InChI=1S/C13H17NO5S/c15-13(16)12-7-6-11(19-12)8-14-20(17,18)9-10-4-2-1-3-5-10/h1-5,11-12,14H,6-9H2,(H,15,16). The molecule has 1 saturated heterocycles. The number of sulfonamides is 1. The van der Waals surface area contributed by atoms with Crippen LogP contribution in [0.15, 0.2) is 30.3 Å². The number of hydrogen-bond donors (Lipinski definition) is 2. The number of carbonyl (C=O) groups is 1. The van der Waals surface area contributed by atoms with Gasteiger partial charge in [-0.05, 0) is 18.4 Å². The maximum absolute atomic E-state index is 11.9. The van der Waals surface area contributed by atoms with E-state index in [2.05, 4.69) is 4.72 Å².